The number of carbonyl (C=O) groups excluding carboxylic acids is 1. The van der Waals surface area contributed by atoms with Gasteiger partial charge in [0.1, 0.15) is 6.04 Å². The Bertz CT molecular complexity index is 845. The van der Waals surface area contributed by atoms with Crippen LogP contribution in [0.3, 0.4) is 0 Å². The first-order valence-corrected chi connectivity index (χ1v) is 11.0. The second kappa shape index (κ2) is 7.01. The number of amides is 1. The van der Waals surface area contributed by atoms with Gasteiger partial charge in [-0.1, -0.05) is 12.1 Å². The van der Waals surface area contributed by atoms with Gasteiger partial charge in [0.05, 0.1) is 28.8 Å². The summed E-state index contributed by atoms with van der Waals surface area (Å²) >= 11 is 1.66. The minimum absolute atomic E-state index is 0.0208. The van der Waals surface area contributed by atoms with Crippen molar-refractivity contribution in [2.45, 2.75) is 25.4 Å². The van der Waals surface area contributed by atoms with Gasteiger partial charge in [0.25, 0.3) is 5.91 Å². The van der Waals surface area contributed by atoms with Crippen LogP contribution in [-0.4, -0.2) is 62.4 Å². The summed E-state index contributed by atoms with van der Waals surface area (Å²) in [5, 5.41) is 1.01. The molecule has 0 bridgehead atoms. The van der Waals surface area contributed by atoms with E-state index in [2.05, 4.69) is 18.0 Å². The minimum atomic E-state index is -2.99. The number of thiazole rings is 1. The number of carbonyl (C=O) groups is 1. The van der Waals surface area contributed by atoms with Crippen LogP contribution in [0.1, 0.15) is 24.4 Å². The normalized spacial score (nSPS) is 22.0. The summed E-state index contributed by atoms with van der Waals surface area (Å²) in [7, 11) is 0.706. The number of hydrogen-bond donors (Lipinski definition) is 1. The molecule has 1 saturated heterocycles. The summed E-state index contributed by atoms with van der Waals surface area (Å²) in [6.07, 6.45) is 0.539. The van der Waals surface area contributed by atoms with Crippen LogP contribution in [0, 0.1) is 0 Å². The van der Waals surface area contributed by atoms with E-state index in [4.69, 9.17) is 0 Å². The second-order valence-corrected chi connectivity index (χ2v) is 10.1. The number of benzene rings is 1. The first-order chi connectivity index (χ1) is 11.8. The van der Waals surface area contributed by atoms with Gasteiger partial charge in [-0.3, -0.25) is 4.79 Å². The van der Waals surface area contributed by atoms with Crippen LogP contribution in [0.2, 0.25) is 0 Å². The Morgan fingerprint density at radius 2 is 2.16 bits per heavy atom. The minimum Gasteiger partial charge on any atom is -0.337 e. The molecule has 0 saturated carbocycles. The fourth-order valence-electron chi connectivity index (χ4n) is 3.09. The van der Waals surface area contributed by atoms with Crippen molar-refractivity contribution in [1.29, 1.82) is 0 Å². The molecule has 1 unspecified atom stereocenters. The van der Waals surface area contributed by atoms with Crippen molar-refractivity contribution >= 4 is 37.3 Å². The van der Waals surface area contributed by atoms with Crippen molar-refractivity contribution in [3.63, 3.8) is 0 Å². The van der Waals surface area contributed by atoms with Crippen molar-refractivity contribution < 1.29 is 18.1 Å². The van der Waals surface area contributed by atoms with E-state index < -0.39 is 9.84 Å². The van der Waals surface area contributed by atoms with Crippen molar-refractivity contribution in [3.8, 4) is 0 Å². The predicted molar refractivity (Wildman–Crippen MR) is 99.6 cm³/mol. The Morgan fingerprint density at radius 1 is 1.44 bits per heavy atom. The zero-order valence-corrected chi connectivity index (χ0v) is 16.4. The maximum absolute atomic E-state index is 12.6. The third-order valence-electron chi connectivity index (χ3n) is 5.00. The Balaban J connectivity index is 1.64. The van der Waals surface area contributed by atoms with Crippen molar-refractivity contribution in [3.05, 3.63) is 29.3 Å². The molecule has 1 fully saturated rings. The Kier molecular flexibility index (Phi) is 5.13. The standard InChI is InChI=1S/C17H23N3O3S2/c1-12(17-18-14-6-4-5-7-15(14)24-17)19(2)10-16(21)20(3)13-8-9-25(22,23)11-13/h4-7,12-13H,8-11H2,1-3H3/p+1/t12-,13+/m0/s1. The van der Waals surface area contributed by atoms with Crippen molar-refractivity contribution in [2.24, 2.45) is 0 Å². The Morgan fingerprint density at radius 3 is 2.80 bits per heavy atom. The number of nitrogens with one attached hydrogen (secondary N) is 1. The van der Waals surface area contributed by atoms with Gasteiger partial charge in [-0.05, 0) is 25.5 Å². The lowest BCUT2D eigenvalue weighted by molar-refractivity contribution is -0.902. The molecule has 0 radical (unpaired) electrons. The van der Waals surface area contributed by atoms with Gasteiger partial charge in [-0.2, -0.15) is 0 Å². The smallest absolute Gasteiger partial charge is 0.277 e. The molecule has 1 aromatic carbocycles. The molecule has 1 amide bonds. The molecule has 1 N–H and O–H groups in total. The SMILES string of the molecule is C[C@@H](c1nc2ccccc2s1)[NH+](C)CC(=O)N(C)[C@@H]1CCS(=O)(=O)C1. The molecule has 6 nitrogen and oxygen atoms in total. The van der Waals surface area contributed by atoms with E-state index >= 15 is 0 Å². The number of hydrogen-bond acceptors (Lipinski definition) is 5. The van der Waals surface area contributed by atoms with Crippen LogP contribution in [0.25, 0.3) is 10.2 Å². The highest BCUT2D eigenvalue weighted by molar-refractivity contribution is 7.91. The second-order valence-electron chi connectivity index (χ2n) is 6.83. The lowest BCUT2D eigenvalue weighted by atomic mass is 10.2. The number of fused-ring (bicyclic) bond motifs is 1. The van der Waals surface area contributed by atoms with E-state index in [1.807, 2.05) is 25.2 Å². The summed E-state index contributed by atoms with van der Waals surface area (Å²) in [5.74, 6) is 0.245. The summed E-state index contributed by atoms with van der Waals surface area (Å²) < 4.78 is 24.4. The summed E-state index contributed by atoms with van der Waals surface area (Å²) in [4.78, 5) is 19.9. The highest BCUT2D eigenvalue weighted by Crippen LogP contribution is 2.24. The van der Waals surface area contributed by atoms with Crippen LogP contribution >= 0.6 is 11.3 Å². The maximum atomic E-state index is 12.6. The largest absolute Gasteiger partial charge is 0.337 e. The van der Waals surface area contributed by atoms with Gasteiger partial charge < -0.3 is 9.80 Å². The van der Waals surface area contributed by atoms with Crippen molar-refractivity contribution in [1.82, 2.24) is 9.88 Å². The number of nitrogens with zero attached hydrogens (tertiary/aromatic N) is 2. The van der Waals surface area contributed by atoms with Gasteiger partial charge in [-0.25, -0.2) is 13.4 Å². The first-order valence-electron chi connectivity index (χ1n) is 8.40. The highest BCUT2D eigenvalue weighted by atomic mass is 32.2. The first kappa shape index (κ1) is 18.3. The van der Waals surface area contributed by atoms with Crippen LogP contribution in [0.5, 0.6) is 0 Å². The predicted octanol–water partition coefficient (Wildman–Crippen LogP) is 0.518. The molecule has 3 atom stereocenters. The number of quaternary nitrogens is 1. The molecule has 1 aliphatic rings. The van der Waals surface area contributed by atoms with E-state index in [0.717, 1.165) is 20.1 Å². The monoisotopic (exact) mass is 382 g/mol. The molecule has 1 aliphatic heterocycles. The molecule has 2 heterocycles. The molecule has 0 spiro atoms. The number of aromatic nitrogens is 1. The molecule has 3 rings (SSSR count). The van der Waals surface area contributed by atoms with E-state index in [0.29, 0.717) is 13.0 Å². The molecule has 0 aliphatic carbocycles. The molecule has 25 heavy (non-hydrogen) atoms. The fourth-order valence-corrected chi connectivity index (χ4v) is 5.97. The quantitative estimate of drug-likeness (QED) is 0.818. The molecule has 2 aromatic rings. The summed E-state index contributed by atoms with van der Waals surface area (Å²) in [6.45, 7) is 2.39. The number of para-hydroxylation sites is 1. The van der Waals surface area contributed by atoms with Gasteiger partial charge in [0.2, 0.25) is 0 Å². The van der Waals surface area contributed by atoms with Gasteiger partial charge >= 0.3 is 0 Å². The molecular weight excluding hydrogens is 358 g/mol. The van der Waals surface area contributed by atoms with E-state index in [-0.39, 0.29) is 29.5 Å². The maximum Gasteiger partial charge on any atom is 0.277 e. The Hall–Kier alpha value is -1.51. The zero-order valence-electron chi connectivity index (χ0n) is 14.7. The zero-order chi connectivity index (χ0) is 18.2. The van der Waals surface area contributed by atoms with Crippen LogP contribution in [0.4, 0.5) is 0 Å². The van der Waals surface area contributed by atoms with Crippen LogP contribution in [0.15, 0.2) is 24.3 Å². The average Bonchev–Trinajstić information content (AvgIpc) is 3.16. The van der Waals surface area contributed by atoms with Crippen LogP contribution in [-0.2, 0) is 14.6 Å². The lowest BCUT2D eigenvalue weighted by Crippen LogP contribution is -3.10. The lowest BCUT2D eigenvalue weighted by Gasteiger charge is -2.26. The third-order valence-corrected chi connectivity index (χ3v) is 7.97. The number of rotatable bonds is 5. The van der Waals surface area contributed by atoms with Crippen molar-refractivity contribution in [2.75, 3.05) is 32.1 Å². The van der Waals surface area contributed by atoms with Gasteiger partial charge in [0.15, 0.2) is 21.4 Å². The third kappa shape index (κ3) is 4.02. The molecule has 136 valence electrons. The summed E-state index contributed by atoms with van der Waals surface area (Å²) in [5.41, 5.74) is 0.988. The fraction of sp³-hybridized carbons (Fsp3) is 0.529. The van der Waals surface area contributed by atoms with Gasteiger partial charge in [-0.15, -0.1) is 11.3 Å². The highest BCUT2D eigenvalue weighted by Gasteiger charge is 2.34. The molecular formula is C17H24N3O3S2+. The number of sulfone groups is 1. The number of likely N-dealkylation sites (N-methyl/N-ethyl adjacent to an activating group) is 2. The van der Waals surface area contributed by atoms with E-state index in [9.17, 15) is 13.2 Å². The van der Waals surface area contributed by atoms with Gasteiger partial charge in [0, 0.05) is 13.1 Å². The molecule has 1 aromatic heterocycles. The van der Waals surface area contributed by atoms with E-state index in [1.54, 1.807) is 23.3 Å². The Labute approximate surface area is 152 Å². The van der Waals surface area contributed by atoms with Crippen LogP contribution < -0.4 is 4.90 Å². The van der Waals surface area contributed by atoms with E-state index in [1.165, 1.54) is 0 Å². The molecule has 8 heteroatoms. The summed E-state index contributed by atoms with van der Waals surface area (Å²) in [6, 6.07) is 7.93. The average molecular weight is 383 g/mol. The topological polar surface area (TPSA) is 71.8 Å².